The van der Waals surface area contributed by atoms with Crippen LogP contribution in [0.2, 0.25) is 0 Å². The number of aromatic nitrogens is 2. The van der Waals surface area contributed by atoms with E-state index >= 15 is 0 Å². The van der Waals surface area contributed by atoms with Crippen molar-refractivity contribution in [1.29, 1.82) is 0 Å². The van der Waals surface area contributed by atoms with Crippen LogP contribution >= 0.6 is 0 Å². The quantitative estimate of drug-likeness (QED) is 0.740. The summed E-state index contributed by atoms with van der Waals surface area (Å²) >= 11 is 0. The average molecular weight is 213 g/mol. The topological polar surface area (TPSA) is 65.9 Å². The molecule has 0 unspecified atom stereocenters. The number of benzene rings is 1. The van der Waals surface area contributed by atoms with Gasteiger partial charge in [-0.15, -0.1) is 0 Å². The van der Waals surface area contributed by atoms with Crippen LogP contribution < -0.4 is 5.11 Å². The van der Waals surface area contributed by atoms with Crippen LogP contribution in [0.25, 0.3) is 11.3 Å². The highest BCUT2D eigenvalue weighted by Gasteiger charge is 2.08. The van der Waals surface area contributed by atoms with Gasteiger partial charge < -0.3 is 9.90 Å². The van der Waals surface area contributed by atoms with E-state index in [9.17, 15) is 9.90 Å². The van der Waals surface area contributed by atoms with Crippen LogP contribution in [0.15, 0.2) is 36.5 Å². The summed E-state index contributed by atoms with van der Waals surface area (Å²) in [5.41, 5.74) is 1.15. The fraction of sp³-hybridized carbons (Fsp3) is 0.0833. The zero-order valence-electron chi connectivity index (χ0n) is 8.68. The number of carboxylic acids is 1. The molecule has 0 aliphatic rings. The third-order valence-electron chi connectivity index (χ3n) is 2.18. The highest BCUT2D eigenvalue weighted by atomic mass is 16.4. The molecule has 0 N–H and O–H groups in total. The number of carboxylic acid groups (broad SMARTS) is 1. The average Bonchev–Trinajstić information content (AvgIpc) is 2.29. The summed E-state index contributed by atoms with van der Waals surface area (Å²) < 4.78 is 0. The van der Waals surface area contributed by atoms with Crippen molar-refractivity contribution in [3.63, 3.8) is 0 Å². The lowest BCUT2D eigenvalue weighted by atomic mass is 10.1. The van der Waals surface area contributed by atoms with Crippen molar-refractivity contribution >= 4 is 5.97 Å². The first-order chi connectivity index (χ1) is 7.68. The smallest absolute Gasteiger partial charge is 0.125 e. The Morgan fingerprint density at radius 1 is 1.25 bits per heavy atom. The summed E-state index contributed by atoms with van der Waals surface area (Å²) in [4.78, 5) is 18.9. The summed E-state index contributed by atoms with van der Waals surface area (Å²) in [5, 5.41) is 10.9. The van der Waals surface area contributed by atoms with Crippen molar-refractivity contribution in [1.82, 2.24) is 9.97 Å². The molecule has 1 aromatic heterocycles. The molecule has 4 nitrogen and oxygen atoms in total. The fourth-order valence-corrected chi connectivity index (χ4v) is 1.44. The zero-order valence-corrected chi connectivity index (χ0v) is 8.68. The van der Waals surface area contributed by atoms with Crippen LogP contribution in [0.5, 0.6) is 0 Å². The molecule has 2 aromatic rings. The zero-order chi connectivity index (χ0) is 11.5. The molecular formula is C12H9N2O2-. The second kappa shape index (κ2) is 4.10. The van der Waals surface area contributed by atoms with Gasteiger partial charge in [0, 0.05) is 17.3 Å². The lowest BCUT2D eigenvalue weighted by molar-refractivity contribution is -0.255. The maximum Gasteiger partial charge on any atom is 0.125 e. The van der Waals surface area contributed by atoms with Crippen molar-refractivity contribution in [2.75, 3.05) is 0 Å². The van der Waals surface area contributed by atoms with Crippen LogP contribution in [0.3, 0.4) is 0 Å². The van der Waals surface area contributed by atoms with Gasteiger partial charge in [0.1, 0.15) is 5.82 Å². The number of rotatable bonds is 2. The maximum absolute atomic E-state index is 10.9. The van der Waals surface area contributed by atoms with Gasteiger partial charge in [0.25, 0.3) is 0 Å². The maximum atomic E-state index is 10.9. The molecule has 0 saturated carbocycles. The van der Waals surface area contributed by atoms with Gasteiger partial charge in [-0.2, -0.15) is 0 Å². The molecule has 0 radical (unpaired) electrons. The SMILES string of the molecule is Cc1ncc(C(=O)[O-])c(-c2ccccc2)n1. The van der Waals surface area contributed by atoms with Gasteiger partial charge in [0.15, 0.2) is 0 Å². The normalized spacial score (nSPS) is 10.1. The second-order valence-corrected chi connectivity index (χ2v) is 3.33. The van der Waals surface area contributed by atoms with Crippen LogP contribution in [-0.4, -0.2) is 15.9 Å². The standard InChI is InChI=1S/C12H10N2O2/c1-8-13-7-10(12(15)16)11(14-8)9-5-3-2-4-6-9/h2-7H,1H3,(H,15,16)/p-1. The van der Waals surface area contributed by atoms with Gasteiger partial charge >= 0.3 is 0 Å². The van der Waals surface area contributed by atoms with E-state index in [4.69, 9.17) is 0 Å². The number of aryl methyl sites for hydroxylation is 1. The Morgan fingerprint density at radius 2 is 1.94 bits per heavy atom. The van der Waals surface area contributed by atoms with E-state index in [1.165, 1.54) is 6.20 Å². The molecule has 0 saturated heterocycles. The number of aromatic carboxylic acids is 1. The second-order valence-electron chi connectivity index (χ2n) is 3.33. The van der Waals surface area contributed by atoms with Crippen molar-refractivity contribution in [2.45, 2.75) is 6.92 Å². The molecule has 2 rings (SSSR count). The monoisotopic (exact) mass is 213 g/mol. The number of nitrogens with zero attached hydrogens (tertiary/aromatic N) is 2. The van der Waals surface area contributed by atoms with Crippen molar-refractivity contribution in [3.8, 4) is 11.3 Å². The Bertz CT molecular complexity index is 524. The largest absolute Gasteiger partial charge is 0.545 e. The van der Waals surface area contributed by atoms with Gasteiger partial charge in [-0.3, -0.25) is 0 Å². The first-order valence-electron chi connectivity index (χ1n) is 4.79. The van der Waals surface area contributed by atoms with Gasteiger partial charge in [-0.1, -0.05) is 30.3 Å². The lowest BCUT2D eigenvalue weighted by Gasteiger charge is -2.09. The number of hydrogen-bond acceptors (Lipinski definition) is 4. The predicted molar refractivity (Wildman–Crippen MR) is 56.5 cm³/mol. The van der Waals surface area contributed by atoms with Crippen LogP contribution in [0.4, 0.5) is 0 Å². The van der Waals surface area contributed by atoms with E-state index in [1.54, 1.807) is 19.1 Å². The van der Waals surface area contributed by atoms with E-state index < -0.39 is 5.97 Å². The molecular weight excluding hydrogens is 204 g/mol. The first kappa shape index (κ1) is 10.3. The van der Waals surface area contributed by atoms with Crippen molar-refractivity contribution < 1.29 is 9.90 Å². The van der Waals surface area contributed by atoms with E-state index in [0.29, 0.717) is 11.5 Å². The molecule has 0 aliphatic carbocycles. The van der Waals surface area contributed by atoms with Gasteiger partial charge in [0.05, 0.1) is 11.7 Å². The molecule has 0 amide bonds. The van der Waals surface area contributed by atoms with E-state index in [-0.39, 0.29) is 5.56 Å². The van der Waals surface area contributed by atoms with Gasteiger partial charge in [-0.05, 0) is 6.92 Å². The Labute approximate surface area is 92.6 Å². The van der Waals surface area contributed by atoms with E-state index in [2.05, 4.69) is 9.97 Å². The minimum atomic E-state index is -1.26. The molecule has 0 fully saturated rings. The molecule has 0 aliphatic heterocycles. The van der Waals surface area contributed by atoms with Crippen LogP contribution in [-0.2, 0) is 0 Å². The summed E-state index contributed by atoms with van der Waals surface area (Å²) in [6, 6.07) is 9.11. The van der Waals surface area contributed by atoms with E-state index in [0.717, 1.165) is 5.56 Å². The Hall–Kier alpha value is -2.23. The van der Waals surface area contributed by atoms with Gasteiger partial charge in [0.2, 0.25) is 0 Å². The highest BCUT2D eigenvalue weighted by Crippen LogP contribution is 2.20. The molecule has 1 heterocycles. The minimum Gasteiger partial charge on any atom is -0.545 e. The summed E-state index contributed by atoms with van der Waals surface area (Å²) in [6.45, 7) is 1.71. The third kappa shape index (κ3) is 1.91. The Kier molecular flexibility index (Phi) is 2.64. The van der Waals surface area contributed by atoms with Crippen LogP contribution in [0, 0.1) is 6.92 Å². The lowest BCUT2D eigenvalue weighted by Crippen LogP contribution is -2.24. The van der Waals surface area contributed by atoms with Crippen LogP contribution in [0.1, 0.15) is 16.2 Å². The Balaban J connectivity index is 2.63. The fourth-order valence-electron chi connectivity index (χ4n) is 1.44. The molecule has 16 heavy (non-hydrogen) atoms. The predicted octanol–water partition coefficient (Wildman–Crippen LogP) is 0.816. The van der Waals surface area contributed by atoms with E-state index in [1.807, 2.05) is 18.2 Å². The minimum absolute atomic E-state index is 0.0109. The molecule has 0 spiro atoms. The first-order valence-corrected chi connectivity index (χ1v) is 4.79. The number of carbonyl (C=O) groups is 1. The summed E-state index contributed by atoms with van der Waals surface area (Å²) in [7, 11) is 0. The molecule has 0 bridgehead atoms. The third-order valence-corrected chi connectivity index (χ3v) is 2.18. The molecule has 80 valence electrons. The molecule has 0 atom stereocenters. The van der Waals surface area contributed by atoms with Crippen molar-refractivity contribution in [3.05, 3.63) is 47.9 Å². The summed E-state index contributed by atoms with van der Waals surface area (Å²) in [5.74, 6) is -0.734. The molecule has 4 heteroatoms. The number of carbonyl (C=O) groups excluding carboxylic acids is 1. The summed E-state index contributed by atoms with van der Waals surface area (Å²) in [6.07, 6.45) is 1.28. The molecule has 1 aromatic carbocycles. The highest BCUT2D eigenvalue weighted by molar-refractivity contribution is 5.92. The Morgan fingerprint density at radius 3 is 2.56 bits per heavy atom. The van der Waals surface area contributed by atoms with Gasteiger partial charge in [-0.25, -0.2) is 9.97 Å². The number of hydrogen-bond donors (Lipinski definition) is 0. The van der Waals surface area contributed by atoms with Crippen molar-refractivity contribution in [2.24, 2.45) is 0 Å².